The molecule has 2 nitrogen and oxygen atoms in total. The largest absolute Gasteiger partial charge is 0.495 e. The Morgan fingerprint density at radius 2 is 1.61 bits per heavy atom. The first-order valence-corrected chi connectivity index (χ1v) is 5.42. The fourth-order valence-electron chi connectivity index (χ4n) is 1.91. The third-order valence-corrected chi connectivity index (χ3v) is 2.75. The Labute approximate surface area is 104 Å². The number of halogens is 2. The van der Waals surface area contributed by atoms with Gasteiger partial charge in [0.15, 0.2) is 0 Å². The van der Waals surface area contributed by atoms with Crippen LogP contribution < -0.4 is 10.5 Å². The lowest BCUT2D eigenvalue weighted by Crippen LogP contribution is -1.95. The van der Waals surface area contributed by atoms with Crippen LogP contribution in [-0.2, 0) is 0 Å². The van der Waals surface area contributed by atoms with Crippen molar-refractivity contribution in [2.24, 2.45) is 0 Å². The molecule has 4 heteroatoms. The smallest absolute Gasteiger partial charge is 0.142 e. The van der Waals surface area contributed by atoms with Crippen LogP contribution in [0, 0.1) is 18.6 Å². The molecule has 0 spiro atoms. The van der Waals surface area contributed by atoms with Gasteiger partial charge in [0.05, 0.1) is 12.8 Å². The van der Waals surface area contributed by atoms with E-state index in [2.05, 4.69) is 0 Å². The summed E-state index contributed by atoms with van der Waals surface area (Å²) in [6.45, 7) is 1.83. The van der Waals surface area contributed by atoms with Gasteiger partial charge in [-0.25, -0.2) is 8.78 Å². The Morgan fingerprint density at radius 3 is 2.17 bits per heavy atom. The Morgan fingerprint density at radius 1 is 1.00 bits per heavy atom. The lowest BCUT2D eigenvalue weighted by molar-refractivity contribution is 0.417. The summed E-state index contributed by atoms with van der Waals surface area (Å²) in [6, 6.07) is 6.80. The van der Waals surface area contributed by atoms with Crippen LogP contribution >= 0.6 is 0 Å². The lowest BCUT2D eigenvalue weighted by Gasteiger charge is -2.11. The molecule has 0 unspecified atom stereocenters. The average molecular weight is 249 g/mol. The molecular formula is C14H13F2NO. The van der Waals surface area contributed by atoms with Crippen LogP contribution in [0.1, 0.15) is 5.56 Å². The molecule has 0 amide bonds. The van der Waals surface area contributed by atoms with E-state index in [0.717, 1.165) is 11.6 Å². The topological polar surface area (TPSA) is 35.2 Å². The number of hydrogen-bond donors (Lipinski definition) is 1. The number of rotatable bonds is 2. The van der Waals surface area contributed by atoms with Crippen LogP contribution in [-0.4, -0.2) is 7.11 Å². The summed E-state index contributed by atoms with van der Waals surface area (Å²) in [5.41, 5.74) is 8.25. The Balaban J connectivity index is 2.62. The molecule has 2 aromatic rings. The van der Waals surface area contributed by atoms with E-state index in [1.54, 1.807) is 12.1 Å². The van der Waals surface area contributed by atoms with Gasteiger partial charge in [0.2, 0.25) is 0 Å². The van der Waals surface area contributed by atoms with Gasteiger partial charge in [-0.1, -0.05) is 0 Å². The molecule has 2 aromatic carbocycles. The first-order valence-electron chi connectivity index (χ1n) is 5.42. The highest BCUT2D eigenvalue weighted by Gasteiger charge is 2.09. The highest BCUT2D eigenvalue weighted by Crippen LogP contribution is 2.32. The highest BCUT2D eigenvalue weighted by atomic mass is 19.1. The lowest BCUT2D eigenvalue weighted by atomic mass is 9.99. The van der Waals surface area contributed by atoms with E-state index < -0.39 is 11.6 Å². The molecule has 0 atom stereocenters. The van der Waals surface area contributed by atoms with Gasteiger partial charge in [-0.15, -0.1) is 0 Å². The minimum absolute atomic E-state index is 0.461. The molecular weight excluding hydrogens is 236 g/mol. The van der Waals surface area contributed by atoms with Crippen molar-refractivity contribution in [3.05, 3.63) is 47.5 Å². The predicted octanol–water partition coefficient (Wildman–Crippen LogP) is 3.53. The summed E-state index contributed by atoms with van der Waals surface area (Å²) < 4.78 is 31.5. The van der Waals surface area contributed by atoms with Crippen molar-refractivity contribution in [3.8, 4) is 16.9 Å². The van der Waals surface area contributed by atoms with Crippen LogP contribution in [0.3, 0.4) is 0 Å². The number of methoxy groups -OCH3 is 1. The molecule has 18 heavy (non-hydrogen) atoms. The molecule has 0 aromatic heterocycles. The Hall–Kier alpha value is -2.10. The molecule has 0 saturated carbocycles. The van der Waals surface area contributed by atoms with Crippen molar-refractivity contribution in [3.63, 3.8) is 0 Å². The maximum Gasteiger partial charge on any atom is 0.142 e. The van der Waals surface area contributed by atoms with Crippen molar-refractivity contribution in [1.29, 1.82) is 0 Å². The molecule has 0 heterocycles. The fourth-order valence-corrected chi connectivity index (χ4v) is 1.91. The predicted molar refractivity (Wildman–Crippen MR) is 67.5 cm³/mol. The van der Waals surface area contributed by atoms with Gasteiger partial charge in [-0.05, 0) is 47.9 Å². The minimum atomic E-state index is -0.611. The van der Waals surface area contributed by atoms with Crippen molar-refractivity contribution >= 4 is 5.69 Å². The van der Waals surface area contributed by atoms with E-state index >= 15 is 0 Å². The fraction of sp³-hybridized carbons (Fsp3) is 0.143. The van der Waals surface area contributed by atoms with Crippen LogP contribution in [0.25, 0.3) is 11.1 Å². The molecule has 0 bridgehead atoms. The molecule has 0 aliphatic carbocycles. The molecule has 0 aliphatic rings. The number of anilines is 1. The van der Waals surface area contributed by atoms with E-state index in [-0.39, 0.29) is 0 Å². The SMILES string of the molecule is COc1cc(-c2cc(F)cc(F)c2)c(C)cc1N. The number of ether oxygens (including phenoxy) is 1. The summed E-state index contributed by atoms with van der Waals surface area (Å²) >= 11 is 0. The molecule has 0 saturated heterocycles. The zero-order chi connectivity index (χ0) is 13.3. The molecule has 0 radical (unpaired) electrons. The van der Waals surface area contributed by atoms with Crippen molar-refractivity contribution in [2.75, 3.05) is 12.8 Å². The van der Waals surface area contributed by atoms with Gasteiger partial charge in [0.25, 0.3) is 0 Å². The van der Waals surface area contributed by atoms with Gasteiger partial charge in [-0.2, -0.15) is 0 Å². The van der Waals surface area contributed by atoms with Crippen molar-refractivity contribution in [2.45, 2.75) is 6.92 Å². The number of nitrogen functional groups attached to an aromatic ring is 1. The minimum Gasteiger partial charge on any atom is -0.495 e. The van der Waals surface area contributed by atoms with Crippen molar-refractivity contribution in [1.82, 2.24) is 0 Å². The Bertz CT molecular complexity index is 576. The normalized spacial score (nSPS) is 10.4. The second-order valence-electron chi connectivity index (χ2n) is 4.07. The van der Waals surface area contributed by atoms with Gasteiger partial charge in [0, 0.05) is 6.07 Å². The van der Waals surface area contributed by atoms with E-state index in [9.17, 15) is 8.78 Å². The van der Waals surface area contributed by atoms with Crippen molar-refractivity contribution < 1.29 is 13.5 Å². The van der Waals surface area contributed by atoms with E-state index in [0.29, 0.717) is 22.6 Å². The molecule has 2 rings (SSSR count). The second-order valence-corrected chi connectivity index (χ2v) is 4.07. The van der Waals surface area contributed by atoms with Crippen LogP contribution in [0.15, 0.2) is 30.3 Å². The summed E-state index contributed by atoms with van der Waals surface area (Å²) in [4.78, 5) is 0. The highest BCUT2D eigenvalue weighted by molar-refractivity contribution is 5.73. The molecule has 2 N–H and O–H groups in total. The van der Waals surface area contributed by atoms with Gasteiger partial charge < -0.3 is 10.5 Å². The monoisotopic (exact) mass is 249 g/mol. The number of hydrogen-bond acceptors (Lipinski definition) is 2. The number of aryl methyl sites for hydroxylation is 1. The maximum absolute atomic E-state index is 13.2. The number of nitrogens with two attached hydrogens (primary N) is 1. The maximum atomic E-state index is 13.2. The molecule has 0 fully saturated rings. The van der Waals surface area contributed by atoms with Crippen LogP contribution in [0.2, 0.25) is 0 Å². The second kappa shape index (κ2) is 4.64. The van der Waals surface area contributed by atoms with E-state index in [1.807, 2.05) is 6.92 Å². The third-order valence-electron chi connectivity index (χ3n) is 2.75. The summed E-state index contributed by atoms with van der Waals surface area (Å²) in [5.74, 6) is -0.736. The van der Waals surface area contributed by atoms with Gasteiger partial charge in [0.1, 0.15) is 17.4 Å². The van der Waals surface area contributed by atoms with E-state index in [1.165, 1.54) is 19.2 Å². The standard InChI is InChI=1S/C14H13F2NO/c1-8-3-13(17)14(18-2)7-12(8)9-4-10(15)6-11(16)5-9/h3-7H,17H2,1-2H3. The summed E-state index contributed by atoms with van der Waals surface area (Å²) in [5, 5.41) is 0. The summed E-state index contributed by atoms with van der Waals surface area (Å²) in [6.07, 6.45) is 0. The zero-order valence-electron chi connectivity index (χ0n) is 10.1. The number of benzene rings is 2. The summed E-state index contributed by atoms with van der Waals surface area (Å²) in [7, 11) is 1.50. The zero-order valence-corrected chi connectivity index (χ0v) is 10.1. The van der Waals surface area contributed by atoms with Crippen LogP contribution in [0.5, 0.6) is 5.75 Å². The van der Waals surface area contributed by atoms with Gasteiger partial charge in [-0.3, -0.25) is 0 Å². The first-order chi connectivity index (χ1) is 8.51. The molecule has 94 valence electrons. The van der Waals surface area contributed by atoms with E-state index in [4.69, 9.17) is 10.5 Å². The first kappa shape index (κ1) is 12.4. The quantitative estimate of drug-likeness (QED) is 0.826. The average Bonchev–Trinajstić information content (AvgIpc) is 2.27. The molecule has 0 aliphatic heterocycles. The third kappa shape index (κ3) is 2.27. The van der Waals surface area contributed by atoms with Gasteiger partial charge >= 0.3 is 0 Å². The van der Waals surface area contributed by atoms with Crippen LogP contribution in [0.4, 0.5) is 14.5 Å². The Kier molecular flexibility index (Phi) is 3.19.